The number of benzene rings is 1. The molecule has 3 N–H and O–H groups in total. The number of anilines is 1. The minimum absolute atomic E-state index is 0. The molecule has 1 aromatic carbocycles. The molecule has 3 rings (SSSR count). The Morgan fingerprint density at radius 1 is 1.22 bits per heavy atom. The molecule has 0 saturated carbocycles. The van der Waals surface area contributed by atoms with Crippen molar-refractivity contribution in [1.29, 1.82) is 0 Å². The molecule has 0 fully saturated rings. The number of fused-ring (bicyclic) bond motifs is 1. The molecule has 2 aromatic heterocycles. The zero-order valence-corrected chi connectivity index (χ0v) is 15.5. The minimum Gasteiger partial charge on any atom is -0.370 e. The van der Waals surface area contributed by atoms with Gasteiger partial charge in [-0.3, -0.25) is 0 Å². The molecule has 0 amide bonds. The Morgan fingerprint density at radius 3 is 2.74 bits per heavy atom. The third-order valence-electron chi connectivity index (χ3n) is 3.45. The molecule has 0 saturated heterocycles. The number of nitrogens with one attached hydrogen (secondary N) is 1. The number of aliphatic imine (C=N–C) groups is 1. The SMILES string of the molecule is Cc1cccc(NC(N)=NCc2cn3c(C)cccc3n2)c1.I. The van der Waals surface area contributed by atoms with Gasteiger partial charge < -0.3 is 15.5 Å². The Morgan fingerprint density at radius 2 is 2.00 bits per heavy atom. The summed E-state index contributed by atoms with van der Waals surface area (Å²) in [7, 11) is 0. The fourth-order valence-corrected chi connectivity index (χ4v) is 2.35. The van der Waals surface area contributed by atoms with Gasteiger partial charge in [-0.25, -0.2) is 9.98 Å². The van der Waals surface area contributed by atoms with Gasteiger partial charge in [0.05, 0.1) is 12.2 Å². The van der Waals surface area contributed by atoms with E-state index in [0.717, 1.165) is 22.7 Å². The van der Waals surface area contributed by atoms with Crippen LogP contribution in [0, 0.1) is 13.8 Å². The van der Waals surface area contributed by atoms with E-state index in [-0.39, 0.29) is 24.0 Å². The first-order valence-corrected chi connectivity index (χ1v) is 7.19. The van der Waals surface area contributed by atoms with Crippen molar-refractivity contribution < 1.29 is 0 Å². The van der Waals surface area contributed by atoms with E-state index in [0.29, 0.717) is 12.5 Å². The molecule has 6 heteroatoms. The van der Waals surface area contributed by atoms with E-state index in [1.807, 2.05) is 49.5 Å². The lowest BCUT2D eigenvalue weighted by Gasteiger charge is -2.05. The molecule has 0 aliphatic rings. The highest BCUT2D eigenvalue weighted by molar-refractivity contribution is 14.0. The van der Waals surface area contributed by atoms with Gasteiger partial charge in [0.2, 0.25) is 0 Å². The second-order valence-electron chi connectivity index (χ2n) is 5.32. The molecule has 2 heterocycles. The Hall–Kier alpha value is -2.09. The van der Waals surface area contributed by atoms with E-state index >= 15 is 0 Å². The summed E-state index contributed by atoms with van der Waals surface area (Å²) in [6.45, 7) is 4.54. The number of halogens is 1. The van der Waals surface area contributed by atoms with Crippen molar-refractivity contribution in [1.82, 2.24) is 9.38 Å². The Labute approximate surface area is 152 Å². The highest BCUT2D eigenvalue weighted by atomic mass is 127. The summed E-state index contributed by atoms with van der Waals surface area (Å²) in [5.41, 5.74) is 11.0. The van der Waals surface area contributed by atoms with E-state index in [2.05, 4.69) is 32.7 Å². The summed E-state index contributed by atoms with van der Waals surface area (Å²) in [6.07, 6.45) is 1.99. The predicted molar refractivity (Wildman–Crippen MR) is 105 cm³/mol. The van der Waals surface area contributed by atoms with Gasteiger partial charge in [0.25, 0.3) is 0 Å². The lowest BCUT2D eigenvalue weighted by Crippen LogP contribution is -2.22. The van der Waals surface area contributed by atoms with Crippen molar-refractivity contribution in [2.45, 2.75) is 20.4 Å². The number of pyridine rings is 1. The number of aromatic nitrogens is 2. The van der Waals surface area contributed by atoms with Crippen LogP contribution in [0.15, 0.2) is 53.7 Å². The fraction of sp³-hybridized carbons (Fsp3) is 0.176. The van der Waals surface area contributed by atoms with Crippen molar-refractivity contribution in [3.8, 4) is 0 Å². The molecule has 3 aromatic rings. The highest BCUT2D eigenvalue weighted by Crippen LogP contribution is 2.10. The molecule has 120 valence electrons. The van der Waals surface area contributed by atoms with E-state index in [1.165, 1.54) is 5.56 Å². The molecule has 0 radical (unpaired) electrons. The van der Waals surface area contributed by atoms with Gasteiger partial charge in [-0.15, -0.1) is 24.0 Å². The first-order chi connectivity index (χ1) is 10.6. The van der Waals surface area contributed by atoms with Crippen molar-refractivity contribution >= 4 is 41.3 Å². The first-order valence-electron chi connectivity index (χ1n) is 7.19. The van der Waals surface area contributed by atoms with Crippen LogP contribution in [0.25, 0.3) is 5.65 Å². The number of rotatable bonds is 3. The fourth-order valence-electron chi connectivity index (χ4n) is 2.35. The zero-order valence-electron chi connectivity index (χ0n) is 13.2. The summed E-state index contributed by atoms with van der Waals surface area (Å²) in [5, 5.41) is 3.09. The summed E-state index contributed by atoms with van der Waals surface area (Å²) in [6, 6.07) is 14.0. The predicted octanol–water partition coefficient (Wildman–Crippen LogP) is 3.50. The minimum atomic E-state index is 0. The van der Waals surface area contributed by atoms with Crippen LogP contribution in [0.1, 0.15) is 17.0 Å². The highest BCUT2D eigenvalue weighted by Gasteiger charge is 2.03. The van der Waals surface area contributed by atoms with Crippen molar-refractivity contribution in [3.05, 3.63) is 65.6 Å². The summed E-state index contributed by atoms with van der Waals surface area (Å²) >= 11 is 0. The summed E-state index contributed by atoms with van der Waals surface area (Å²) in [4.78, 5) is 8.89. The number of hydrogen-bond acceptors (Lipinski definition) is 2. The average Bonchev–Trinajstić information content (AvgIpc) is 2.90. The zero-order chi connectivity index (χ0) is 15.5. The Kier molecular flexibility index (Phi) is 5.59. The van der Waals surface area contributed by atoms with Gasteiger partial charge >= 0.3 is 0 Å². The molecule has 0 aliphatic heterocycles. The van der Waals surface area contributed by atoms with Crippen LogP contribution in [0.5, 0.6) is 0 Å². The van der Waals surface area contributed by atoms with Gasteiger partial charge in [-0.1, -0.05) is 18.2 Å². The number of hydrogen-bond donors (Lipinski definition) is 2. The first kappa shape index (κ1) is 17.3. The van der Waals surface area contributed by atoms with Crippen LogP contribution in [0.3, 0.4) is 0 Å². The maximum Gasteiger partial charge on any atom is 0.193 e. The largest absolute Gasteiger partial charge is 0.370 e. The second kappa shape index (κ2) is 7.45. The Balaban J connectivity index is 0.00000192. The number of aryl methyl sites for hydroxylation is 2. The van der Waals surface area contributed by atoms with E-state index in [4.69, 9.17) is 5.73 Å². The lowest BCUT2D eigenvalue weighted by molar-refractivity contribution is 1.00. The standard InChI is InChI=1S/C17H19N5.HI/c1-12-5-3-7-14(9-12)21-17(18)19-10-15-11-22-13(2)6-4-8-16(22)20-15;/h3-9,11H,10H2,1-2H3,(H3,18,19,21);1H. The van der Waals surface area contributed by atoms with Crippen molar-refractivity contribution in [3.63, 3.8) is 0 Å². The topological polar surface area (TPSA) is 67.7 Å². The molecule has 23 heavy (non-hydrogen) atoms. The summed E-state index contributed by atoms with van der Waals surface area (Å²) in [5.74, 6) is 0.388. The Bertz CT molecular complexity index is 838. The van der Waals surface area contributed by atoms with E-state index in [9.17, 15) is 0 Å². The van der Waals surface area contributed by atoms with Gasteiger partial charge in [0.1, 0.15) is 5.65 Å². The molecular formula is C17H20IN5. The number of nitrogens with two attached hydrogens (primary N) is 1. The molecule has 0 bridgehead atoms. The third kappa shape index (κ3) is 4.22. The van der Waals surface area contributed by atoms with Crippen LogP contribution in [-0.4, -0.2) is 15.3 Å². The van der Waals surface area contributed by atoms with E-state index < -0.39 is 0 Å². The maximum atomic E-state index is 5.93. The molecule has 0 spiro atoms. The molecule has 0 atom stereocenters. The van der Waals surface area contributed by atoms with Crippen LogP contribution < -0.4 is 11.1 Å². The second-order valence-corrected chi connectivity index (χ2v) is 5.32. The smallest absolute Gasteiger partial charge is 0.193 e. The van der Waals surface area contributed by atoms with Gasteiger partial charge in [0.15, 0.2) is 5.96 Å². The number of imidazole rings is 1. The quantitative estimate of drug-likeness (QED) is 0.387. The lowest BCUT2D eigenvalue weighted by atomic mass is 10.2. The van der Waals surface area contributed by atoms with Crippen LogP contribution in [0.4, 0.5) is 5.69 Å². The average molecular weight is 421 g/mol. The normalized spacial score (nSPS) is 11.3. The van der Waals surface area contributed by atoms with Crippen LogP contribution in [-0.2, 0) is 6.54 Å². The van der Waals surface area contributed by atoms with E-state index in [1.54, 1.807) is 0 Å². The van der Waals surface area contributed by atoms with Crippen molar-refractivity contribution in [2.24, 2.45) is 10.7 Å². The molecule has 0 aliphatic carbocycles. The van der Waals surface area contributed by atoms with Gasteiger partial charge in [-0.2, -0.15) is 0 Å². The molecule has 5 nitrogen and oxygen atoms in total. The summed E-state index contributed by atoms with van der Waals surface area (Å²) < 4.78 is 2.05. The van der Waals surface area contributed by atoms with Crippen LogP contribution >= 0.6 is 24.0 Å². The maximum absolute atomic E-state index is 5.93. The van der Waals surface area contributed by atoms with Crippen molar-refractivity contribution in [2.75, 3.05) is 5.32 Å². The van der Waals surface area contributed by atoms with Gasteiger partial charge in [-0.05, 0) is 43.7 Å². The molecular weight excluding hydrogens is 401 g/mol. The van der Waals surface area contributed by atoms with Gasteiger partial charge in [0, 0.05) is 17.6 Å². The number of guanidine groups is 1. The molecule has 0 unspecified atom stereocenters. The van der Waals surface area contributed by atoms with Crippen LogP contribution in [0.2, 0.25) is 0 Å². The third-order valence-corrected chi connectivity index (χ3v) is 3.45. The monoisotopic (exact) mass is 421 g/mol. The number of nitrogens with zero attached hydrogens (tertiary/aromatic N) is 3.